The average Bonchev–Trinajstić information content (AvgIpc) is 3.44. The lowest BCUT2D eigenvalue weighted by molar-refractivity contribution is -0.119. The molecule has 0 aliphatic heterocycles. The van der Waals surface area contributed by atoms with E-state index in [2.05, 4.69) is 32.0 Å². The summed E-state index contributed by atoms with van der Waals surface area (Å²) in [5.41, 5.74) is 5.32. The number of carbonyl (C=O) groups excluding carboxylic acids is 1. The van der Waals surface area contributed by atoms with Gasteiger partial charge in [-0.25, -0.2) is 8.78 Å². The minimum Gasteiger partial charge on any atom is -0.383 e. The second-order valence-electron chi connectivity index (χ2n) is 9.80. The number of ether oxygens (including phenoxy) is 1. The molecular formula is C32H29F2N5O2S2. The Morgan fingerprint density at radius 3 is 2.53 bits per heavy atom. The fourth-order valence-corrected chi connectivity index (χ4v) is 5.77. The number of nitrogens with zero attached hydrogens (tertiary/aromatic N) is 2. The topological polar surface area (TPSA) is 88.2 Å². The van der Waals surface area contributed by atoms with Crippen LogP contribution in [0.4, 0.5) is 14.5 Å². The molecule has 0 saturated carbocycles. The molecule has 0 unspecified atom stereocenters. The second kappa shape index (κ2) is 14.3. The van der Waals surface area contributed by atoms with Crippen LogP contribution in [-0.4, -0.2) is 41.2 Å². The maximum atomic E-state index is 15.2. The number of carbonyl (C=O) groups is 1. The normalized spacial score (nSPS) is 11.0. The molecule has 3 N–H and O–H groups in total. The predicted octanol–water partition coefficient (Wildman–Crippen LogP) is 6.02. The van der Waals surface area contributed by atoms with E-state index in [1.165, 1.54) is 30.3 Å². The minimum absolute atomic E-state index is 0.0361. The lowest BCUT2D eigenvalue weighted by Gasteiger charge is -2.11. The van der Waals surface area contributed by atoms with Gasteiger partial charge in [0, 0.05) is 44.7 Å². The van der Waals surface area contributed by atoms with Gasteiger partial charge >= 0.3 is 0 Å². The zero-order valence-electron chi connectivity index (χ0n) is 23.3. The molecule has 3 heterocycles. The largest absolute Gasteiger partial charge is 0.383 e. The van der Waals surface area contributed by atoms with Crippen LogP contribution in [0.1, 0.15) is 22.3 Å². The maximum absolute atomic E-state index is 15.2. The fraction of sp³-hybridized carbons (Fsp3) is 0.188. The smallest absolute Gasteiger partial charge is 0.230 e. The van der Waals surface area contributed by atoms with Gasteiger partial charge in [-0.05, 0) is 76.9 Å². The first-order chi connectivity index (χ1) is 20.9. The SMILES string of the molecule is COCCNCc1ccc(-c2cc3nccc(Cc4ccc(NC(=S)NC(=O)Cc5ccc(F)cc5)cc4F)c3s2)nc1. The van der Waals surface area contributed by atoms with E-state index in [0.29, 0.717) is 36.4 Å². The molecule has 0 atom stereocenters. The molecule has 0 fully saturated rings. The number of amides is 1. The summed E-state index contributed by atoms with van der Waals surface area (Å²) in [6, 6.07) is 18.4. The monoisotopic (exact) mass is 617 g/mol. The molecule has 2 aromatic carbocycles. The number of thiophene rings is 1. The van der Waals surface area contributed by atoms with Crippen molar-refractivity contribution >= 4 is 50.5 Å². The summed E-state index contributed by atoms with van der Waals surface area (Å²) in [5.74, 6) is -1.13. The Morgan fingerprint density at radius 1 is 0.977 bits per heavy atom. The van der Waals surface area contributed by atoms with Gasteiger partial charge in [-0.1, -0.05) is 24.3 Å². The van der Waals surface area contributed by atoms with E-state index in [4.69, 9.17) is 17.0 Å². The average molecular weight is 618 g/mol. The molecule has 5 aromatic rings. The van der Waals surface area contributed by atoms with Crippen LogP contribution in [-0.2, 0) is 28.9 Å². The number of aromatic nitrogens is 2. The van der Waals surface area contributed by atoms with Crippen LogP contribution >= 0.6 is 23.6 Å². The molecule has 43 heavy (non-hydrogen) atoms. The minimum atomic E-state index is -0.399. The molecule has 7 nitrogen and oxygen atoms in total. The summed E-state index contributed by atoms with van der Waals surface area (Å²) >= 11 is 6.80. The summed E-state index contributed by atoms with van der Waals surface area (Å²) in [5, 5.41) is 8.77. The molecular weight excluding hydrogens is 589 g/mol. The summed E-state index contributed by atoms with van der Waals surface area (Å²) in [6.45, 7) is 2.14. The number of benzene rings is 2. The molecule has 3 aromatic heterocycles. The highest BCUT2D eigenvalue weighted by Crippen LogP contribution is 2.34. The highest BCUT2D eigenvalue weighted by molar-refractivity contribution is 7.80. The van der Waals surface area contributed by atoms with Crippen molar-refractivity contribution in [2.75, 3.05) is 25.6 Å². The lowest BCUT2D eigenvalue weighted by Crippen LogP contribution is -2.35. The van der Waals surface area contributed by atoms with Crippen LogP contribution in [0.25, 0.3) is 20.8 Å². The number of nitrogens with one attached hydrogen (secondary N) is 3. The standard InChI is InChI=1S/C32H29F2N5O2S2/c1-41-13-12-35-18-21-4-9-27(37-19-21)29-17-28-31(43-29)23(10-11-36-28)15-22-5-8-25(16-26(22)34)38-32(42)39-30(40)14-20-2-6-24(33)7-3-20/h2-11,16-17,19,35H,12-15,18H2,1H3,(H2,38,39,40,42). The zero-order valence-corrected chi connectivity index (χ0v) is 25.0. The second-order valence-corrected chi connectivity index (χ2v) is 11.3. The molecule has 5 rings (SSSR count). The van der Waals surface area contributed by atoms with Crippen molar-refractivity contribution < 1.29 is 18.3 Å². The zero-order chi connectivity index (χ0) is 30.2. The first-order valence-electron chi connectivity index (χ1n) is 13.5. The molecule has 0 spiro atoms. The number of pyridine rings is 2. The van der Waals surface area contributed by atoms with Crippen molar-refractivity contribution in [1.82, 2.24) is 20.6 Å². The predicted molar refractivity (Wildman–Crippen MR) is 170 cm³/mol. The molecule has 0 bridgehead atoms. The Kier molecular flexibility index (Phi) is 10.1. The highest BCUT2D eigenvalue weighted by Gasteiger charge is 2.14. The molecule has 0 saturated heterocycles. The number of fused-ring (bicyclic) bond motifs is 1. The highest BCUT2D eigenvalue weighted by atomic mass is 32.1. The van der Waals surface area contributed by atoms with E-state index in [0.717, 1.165) is 38.5 Å². The van der Waals surface area contributed by atoms with Crippen molar-refractivity contribution in [3.8, 4) is 10.6 Å². The van der Waals surface area contributed by atoms with Crippen molar-refractivity contribution in [2.45, 2.75) is 19.4 Å². The summed E-state index contributed by atoms with van der Waals surface area (Å²) in [7, 11) is 1.68. The molecule has 11 heteroatoms. The number of halogens is 2. The third-order valence-electron chi connectivity index (χ3n) is 6.61. The Morgan fingerprint density at radius 2 is 1.79 bits per heavy atom. The van der Waals surface area contributed by atoms with Crippen LogP contribution in [0.5, 0.6) is 0 Å². The van der Waals surface area contributed by atoms with Gasteiger partial charge in [-0.3, -0.25) is 14.8 Å². The number of rotatable bonds is 11. The summed E-state index contributed by atoms with van der Waals surface area (Å²) in [6.07, 6.45) is 4.01. The summed E-state index contributed by atoms with van der Waals surface area (Å²) in [4.78, 5) is 22.4. The van der Waals surface area contributed by atoms with Gasteiger partial charge in [-0.15, -0.1) is 11.3 Å². The van der Waals surface area contributed by atoms with Gasteiger partial charge in [0.25, 0.3) is 0 Å². The number of hydrogen-bond donors (Lipinski definition) is 3. The van der Waals surface area contributed by atoms with Crippen LogP contribution in [0, 0.1) is 11.6 Å². The maximum Gasteiger partial charge on any atom is 0.230 e. The van der Waals surface area contributed by atoms with Gasteiger partial charge < -0.3 is 20.7 Å². The number of hydrogen-bond acceptors (Lipinski definition) is 7. The fourth-order valence-electron chi connectivity index (χ4n) is 4.43. The third kappa shape index (κ3) is 8.23. The molecule has 0 aliphatic rings. The van der Waals surface area contributed by atoms with E-state index >= 15 is 4.39 Å². The Labute approximate surface area is 257 Å². The summed E-state index contributed by atoms with van der Waals surface area (Å²) < 4.78 is 34.3. The third-order valence-corrected chi connectivity index (χ3v) is 8.03. The van der Waals surface area contributed by atoms with Crippen molar-refractivity contribution in [2.24, 2.45) is 0 Å². The van der Waals surface area contributed by atoms with Crippen LogP contribution < -0.4 is 16.0 Å². The van der Waals surface area contributed by atoms with Gasteiger partial charge in [0.1, 0.15) is 11.6 Å². The van der Waals surface area contributed by atoms with Crippen LogP contribution in [0.3, 0.4) is 0 Å². The van der Waals surface area contributed by atoms with Gasteiger partial charge in [-0.2, -0.15) is 0 Å². The van der Waals surface area contributed by atoms with E-state index in [1.54, 1.807) is 36.8 Å². The van der Waals surface area contributed by atoms with Gasteiger partial charge in [0.15, 0.2) is 5.11 Å². The van der Waals surface area contributed by atoms with Gasteiger partial charge in [0.2, 0.25) is 5.91 Å². The van der Waals surface area contributed by atoms with E-state index in [-0.39, 0.29) is 23.3 Å². The number of methoxy groups -OCH3 is 1. The first-order valence-corrected chi connectivity index (χ1v) is 14.8. The van der Waals surface area contributed by atoms with Crippen molar-refractivity contribution in [1.29, 1.82) is 0 Å². The van der Waals surface area contributed by atoms with Crippen LogP contribution in [0.2, 0.25) is 0 Å². The van der Waals surface area contributed by atoms with E-state index in [1.807, 2.05) is 24.4 Å². The molecule has 0 aliphatic carbocycles. The first kappa shape index (κ1) is 30.3. The van der Waals surface area contributed by atoms with E-state index in [9.17, 15) is 9.18 Å². The molecule has 1 amide bonds. The molecule has 220 valence electrons. The number of anilines is 1. The molecule has 0 radical (unpaired) electrons. The van der Waals surface area contributed by atoms with Crippen LogP contribution in [0.15, 0.2) is 79.1 Å². The van der Waals surface area contributed by atoms with Gasteiger partial charge in [0.05, 0.1) is 33.8 Å². The lowest BCUT2D eigenvalue weighted by atomic mass is 10.0. The Balaban J connectivity index is 1.22. The quantitative estimate of drug-likeness (QED) is 0.123. The number of thiocarbonyl (C=S) groups is 1. The van der Waals surface area contributed by atoms with Crippen molar-refractivity contribution in [3.05, 3.63) is 113 Å². The Hall–Kier alpha value is -4.16. The Bertz CT molecular complexity index is 1730. The van der Waals surface area contributed by atoms with Crippen molar-refractivity contribution in [3.63, 3.8) is 0 Å². The van der Waals surface area contributed by atoms with E-state index < -0.39 is 5.82 Å².